The van der Waals surface area contributed by atoms with E-state index >= 15 is 0 Å². The van der Waals surface area contributed by atoms with Crippen molar-refractivity contribution in [3.8, 4) is 11.5 Å². The fourth-order valence-electron chi connectivity index (χ4n) is 2.25. The van der Waals surface area contributed by atoms with E-state index in [9.17, 15) is 9.50 Å². The third kappa shape index (κ3) is 4.20. The van der Waals surface area contributed by atoms with Crippen LogP contribution < -0.4 is 10.1 Å². The molecule has 0 aliphatic carbocycles. The van der Waals surface area contributed by atoms with E-state index < -0.39 is 0 Å². The first kappa shape index (κ1) is 15.3. The van der Waals surface area contributed by atoms with Gasteiger partial charge < -0.3 is 15.2 Å². The Balaban J connectivity index is 1.91. The minimum atomic E-state index is -0.214. The van der Waals surface area contributed by atoms with Crippen LogP contribution in [0.15, 0.2) is 42.5 Å². The summed E-state index contributed by atoms with van der Waals surface area (Å²) < 4.78 is 18.1. The molecule has 4 heteroatoms. The number of hydrogen-bond acceptors (Lipinski definition) is 3. The van der Waals surface area contributed by atoms with E-state index in [1.165, 1.54) is 12.1 Å². The summed E-state index contributed by atoms with van der Waals surface area (Å²) in [6.07, 6.45) is 0.735. The average Bonchev–Trinajstić information content (AvgIpc) is 2.47. The van der Waals surface area contributed by atoms with Crippen molar-refractivity contribution in [2.24, 2.45) is 0 Å². The largest absolute Gasteiger partial charge is 0.507 e. The number of rotatable bonds is 6. The van der Waals surface area contributed by atoms with Crippen molar-refractivity contribution < 1.29 is 14.2 Å². The predicted octanol–water partition coefficient (Wildman–Crippen LogP) is 3.43. The van der Waals surface area contributed by atoms with Crippen LogP contribution in [0.3, 0.4) is 0 Å². The number of nitrogens with one attached hydrogen (secondary N) is 1. The molecule has 2 rings (SSSR count). The first-order valence-electron chi connectivity index (χ1n) is 6.95. The molecule has 1 unspecified atom stereocenters. The van der Waals surface area contributed by atoms with Crippen LogP contribution in [-0.2, 0) is 6.42 Å². The standard InChI is InChI=1S/C17H20FNO2/c1-12(16-7-6-15(21-2)11-17(16)20)19-9-8-13-4-3-5-14(18)10-13/h3-7,10-12,19-20H,8-9H2,1-2H3. The molecular weight excluding hydrogens is 269 g/mol. The van der Waals surface area contributed by atoms with Gasteiger partial charge in [-0.05, 0) is 43.7 Å². The van der Waals surface area contributed by atoms with E-state index in [0.717, 1.165) is 17.5 Å². The Labute approximate surface area is 124 Å². The second-order valence-electron chi connectivity index (χ2n) is 4.98. The summed E-state index contributed by atoms with van der Waals surface area (Å²) in [5, 5.41) is 13.3. The van der Waals surface area contributed by atoms with Gasteiger partial charge in [0.05, 0.1) is 7.11 Å². The van der Waals surface area contributed by atoms with Crippen LogP contribution >= 0.6 is 0 Å². The fraction of sp³-hybridized carbons (Fsp3) is 0.294. The SMILES string of the molecule is COc1ccc(C(C)NCCc2cccc(F)c2)c(O)c1. The van der Waals surface area contributed by atoms with E-state index in [4.69, 9.17) is 4.74 Å². The quantitative estimate of drug-likeness (QED) is 0.856. The van der Waals surface area contributed by atoms with E-state index in [1.807, 2.05) is 25.1 Å². The number of phenolic OH excluding ortho intramolecular Hbond substituents is 1. The number of hydrogen-bond donors (Lipinski definition) is 2. The zero-order chi connectivity index (χ0) is 15.2. The Hall–Kier alpha value is -2.07. The van der Waals surface area contributed by atoms with Gasteiger partial charge in [-0.3, -0.25) is 0 Å². The molecule has 2 N–H and O–H groups in total. The van der Waals surface area contributed by atoms with Crippen molar-refractivity contribution in [3.05, 3.63) is 59.4 Å². The maximum Gasteiger partial charge on any atom is 0.124 e. The van der Waals surface area contributed by atoms with Crippen LogP contribution in [0.4, 0.5) is 4.39 Å². The smallest absolute Gasteiger partial charge is 0.124 e. The highest BCUT2D eigenvalue weighted by Gasteiger charge is 2.10. The van der Waals surface area contributed by atoms with Gasteiger partial charge in [0.15, 0.2) is 0 Å². The van der Waals surface area contributed by atoms with Crippen molar-refractivity contribution in [1.29, 1.82) is 0 Å². The molecule has 0 radical (unpaired) electrons. The molecule has 0 heterocycles. The van der Waals surface area contributed by atoms with Gasteiger partial charge in [-0.2, -0.15) is 0 Å². The summed E-state index contributed by atoms with van der Waals surface area (Å²) in [6.45, 7) is 2.68. The highest BCUT2D eigenvalue weighted by atomic mass is 19.1. The monoisotopic (exact) mass is 289 g/mol. The average molecular weight is 289 g/mol. The van der Waals surface area contributed by atoms with Gasteiger partial charge in [0.1, 0.15) is 17.3 Å². The van der Waals surface area contributed by atoms with Gasteiger partial charge in [0, 0.05) is 17.7 Å². The van der Waals surface area contributed by atoms with Crippen LogP contribution in [-0.4, -0.2) is 18.8 Å². The van der Waals surface area contributed by atoms with E-state index in [1.54, 1.807) is 19.2 Å². The summed E-state index contributed by atoms with van der Waals surface area (Å²) in [5.41, 5.74) is 1.77. The van der Waals surface area contributed by atoms with Gasteiger partial charge in [0.25, 0.3) is 0 Å². The highest BCUT2D eigenvalue weighted by molar-refractivity contribution is 5.41. The molecule has 1 atom stereocenters. The Morgan fingerprint density at radius 2 is 2.05 bits per heavy atom. The van der Waals surface area contributed by atoms with Gasteiger partial charge >= 0.3 is 0 Å². The van der Waals surface area contributed by atoms with E-state index in [0.29, 0.717) is 12.3 Å². The molecule has 0 saturated carbocycles. The molecule has 0 aromatic heterocycles. The summed E-state index contributed by atoms with van der Waals surface area (Å²) in [6, 6.07) is 11.9. The number of aromatic hydroxyl groups is 1. The first-order chi connectivity index (χ1) is 10.1. The first-order valence-corrected chi connectivity index (χ1v) is 6.95. The predicted molar refractivity (Wildman–Crippen MR) is 81.2 cm³/mol. The number of halogens is 1. The van der Waals surface area contributed by atoms with Gasteiger partial charge in [-0.25, -0.2) is 4.39 Å². The van der Waals surface area contributed by atoms with Crippen molar-refractivity contribution in [2.45, 2.75) is 19.4 Å². The molecule has 112 valence electrons. The highest BCUT2D eigenvalue weighted by Crippen LogP contribution is 2.28. The second-order valence-corrected chi connectivity index (χ2v) is 4.98. The van der Waals surface area contributed by atoms with Gasteiger partial charge in [0.2, 0.25) is 0 Å². The Kier molecular flexibility index (Phi) is 5.17. The Morgan fingerprint density at radius 1 is 1.24 bits per heavy atom. The Bertz CT molecular complexity index is 601. The third-order valence-corrected chi connectivity index (χ3v) is 3.46. The van der Waals surface area contributed by atoms with Crippen LogP contribution in [0.2, 0.25) is 0 Å². The van der Waals surface area contributed by atoms with Crippen molar-refractivity contribution in [1.82, 2.24) is 5.32 Å². The van der Waals surface area contributed by atoms with E-state index in [-0.39, 0.29) is 17.6 Å². The zero-order valence-electron chi connectivity index (χ0n) is 12.3. The summed E-state index contributed by atoms with van der Waals surface area (Å²) in [5.74, 6) is 0.622. The zero-order valence-corrected chi connectivity index (χ0v) is 12.3. The molecular formula is C17H20FNO2. The molecule has 0 amide bonds. The van der Waals surface area contributed by atoms with Crippen LogP contribution in [0.5, 0.6) is 11.5 Å². The minimum Gasteiger partial charge on any atom is -0.507 e. The number of phenols is 1. The molecule has 0 spiro atoms. The van der Waals surface area contributed by atoms with Crippen molar-refractivity contribution in [2.75, 3.05) is 13.7 Å². The molecule has 2 aromatic carbocycles. The van der Waals surface area contributed by atoms with Crippen molar-refractivity contribution >= 4 is 0 Å². The molecule has 0 saturated heterocycles. The lowest BCUT2D eigenvalue weighted by atomic mass is 10.1. The van der Waals surface area contributed by atoms with Crippen LogP contribution in [0.1, 0.15) is 24.1 Å². The molecule has 3 nitrogen and oxygen atoms in total. The van der Waals surface area contributed by atoms with E-state index in [2.05, 4.69) is 5.32 Å². The molecule has 21 heavy (non-hydrogen) atoms. The molecule has 0 fully saturated rings. The van der Waals surface area contributed by atoms with Crippen LogP contribution in [0.25, 0.3) is 0 Å². The fourth-order valence-corrected chi connectivity index (χ4v) is 2.25. The molecule has 0 aliphatic rings. The lowest BCUT2D eigenvalue weighted by Crippen LogP contribution is -2.21. The lowest BCUT2D eigenvalue weighted by Gasteiger charge is -2.16. The Morgan fingerprint density at radius 3 is 2.71 bits per heavy atom. The maximum atomic E-state index is 13.1. The number of benzene rings is 2. The summed E-state index contributed by atoms with van der Waals surface area (Å²) >= 11 is 0. The molecule has 2 aromatic rings. The van der Waals surface area contributed by atoms with Gasteiger partial charge in [-0.1, -0.05) is 18.2 Å². The number of ether oxygens (including phenoxy) is 1. The topological polar surface area (TPSA) is 41.5 Å². The molecule has 0 bridgehead atoms. The number of methoxy groups -OCH3 is 1. The van der Waals surface area contributed by atoms with Crippen LogP contribution in [0, 0.1) is 5.82 Å². The third-order valence-electron chi connectivity index (χ3n) is 3.46. The second kappa shape index (κ2) is 7.09. The van der Waals surface area contributed by atoms with Gasteiger partial charge in [-0.15, -0.1) is 0 Å². The summed E-state index contributed by atoms with van der Waals surface area (Å²) in [7, 11) is 1.56. The minimum absolute atomic E-state index is 0.00413. The van der Waals surface area contributed by atoms with Crippen molar-refractivity contribution in [3.63, 3.8) is 0 Å². The normalized spacial score (nSPS) is 12.1. The lowest BCUT2D eigenvalue weighted by molar-refractivity contribution is 0.404. The maximum absolute atomic E-state index is 13.1. The molecule has 0 aliphatic heterocycles. The summed E-state index contributed by atoms with van der Waals surface area (Å²) in [4.78, 5) is 0.